The summed E-state index contributed by atoms with van der Waals surface area (Å²) in [4.78, 5) is 20.0. The molecule has 1 aromatic heterocycles. The maximum Gasteiger partial charge on any atom is 0.219 e. The molecule has 0 aliphatic carbocycles. The molecule has 0 atom stereocenters. The van der Waals surface area contributed by atoms with E-state index in [2.05, 4.69) is 38.8 Å². The molecule has 0 saturated carbocycles. The van der Waals surface area contributed by atoms with Crippen LogP contribution < -0.4 is 4.90 Å². The van der Waals surface area contributed by atoms with E-state index < -0.39 is 0 Å². The van der Waals surface area contributed by atoms with E-state index in [9.17, 15) is 4.79 Å². The molecule has 2 rings (SSSR count). The Hall–Kier alpha value is -1.10. The molecule has 98 valence electrons. The summed E-state index contributed by atoms with van der Waals surface area (Å²) in [6.07, 6.45) is 2.84. The number of pyridine rings is 1. The van der Waals surface area contributed by atoms with Crippen LogP contribution in [0.4, 0.5) is 5.82 Å². The van der Waals surface area contributed by atoms with Gasteiger partial charge in [-0.05, 0) is 40.9 Å². The van der Waals surface area contributed by atoms with Crippen molar-refractivity contribution in [2.75, 3.05) is 31.1 Å². The van der Waals surface area contributed by atoms with E-state index in [4.69, 9.17) is 0 Å². The van der Waals surface area contributed by atoms with E-state index in [-0.39, 0.29) is 5.91 Å². The summed E-state index contributed by atoms with van der Waals surface area (Å²) in [5.74, 6) is 1.16. The van der Waals surface area contributed by atoms with Crippen LogP contribution >= 0.6 is 15.9 Å². The molecule has 0 spiro atoms. The van der Waals surface area contributed by atoms with Crippen LogP contribution in [0.15, 0.2) is 16.7 Å². The van der Waals surface area contributed by atoms with Gasteiger partial charge in [0.05, 0.1) is 0 Å². The summed E-state index contributed by atoms with van der Waals surface area (Å²) in [6, 6.07) is 2.09. The van der Waals surface area contributed by atoms with E-state index in [1.807, 2.05) is 11.1 Å². The quantitative estimate of drug-likeness (QED) is 0.798. The Balaban J connectivity index is 2.09. The lowest BCUT2D eigenvalue weighted by atomic mass is 10.3. The maximum atomic E-state index is 11.4. The van der Waals surface area contributed by atoms with Crippen LogP contribution in [0.1, 0.15) is 18.9 Å². The van der Waals surface area contributed by atoms with E-state index in [0.29, 0.717) is 0 Å². The summed E-state index contributed by atoms with van der Waals surface area (Å²) in [7, 11) is 0. The van der Waals surface area contributed by atoms with E-state index in [1.165, 1.54) is 5.56 Å². The zero-order valence-corrected chi connectivity index (χ0v) is 12.4. The van der Waals surface area contributed by atoms with Crippen molar-refractivity contribution in [3.05, 3.63) is 22.3 Å². The maximum absolute atomic E-state index is 11.4. The molecule has 18 heavy (non-hydrogen) atoms. The van der Waals surface area contributed by atoms with Gasteiger partial charge in [0.15, 0.2) is 0 Å². The molecule has 0 N–H and O–H groups in total. The van der Waals surface area contributed by atoms with Gasteiger partial charge in [-0.1, -0.05) is 0 Å². The number of aromatic nitrogens is 1. The number of aryl methyl sites for hydroxylation is 1. The zero-order chi connectivity index (χ0) is 13.1. The lowest BCUT2D eigenvalue weighted by Gasteiger charge is -2.22. The van der Waals surface area contributed by atoms with Gasteiger partial charge >= 0.3 is 0 Å². The number of hydrogen-bond donors (Lipinski definition) is 0. The third-order valence-corrected chi connectivity index (χ3v) is 4.13. The molecule has 1 amide bonds. The molecule has 1 aromatic rings. The minimum absolute atomic E-state index is 0.164. The highest BCUT2D eigenvalue weighted by Gasteiger charge is 2.17. The van der Waals surface area contributed by atoms with Crippen LogP contribution in [0, 0.1) is 6.92 Å². The molecule has 0 bridgehead atoms. The summed E-state index contributed by atoms with van der Waals surface area (Å²) in [5, 5.41) is 0. The van der Waals surface area contributed by atoms with Crippen molar-refractivity contribution in [3.8, 4) is 0 Å². The summed E-state index contributed by atoms with van der Waals surface area (Å²) in [6.45, 7) is 7.14. The topological polar surface area (TPSA) is 36.4 Å². The van der Waals surface area contributed by atoms with Crippen LogP contribution in [0.3, 0.4) is 0 Å². The third-order valence-electron chi connectivity index (χ3n) is 3.30. The third kappa shape index (κ3) is 3.02. The van der Waals surface area contributed by atoms with Crippen molar-refractivity contribution in [1.82, 2.24) is 9.88 Å². The second kappa shape index (κ2) is 5.69. The molecule has 1 aliphatic heterocycles. The molecule has 0 radical (unpaired) electrons. The first-order chi connectivity index (χ1) is 8.58. The normalized spacial score (nSPS) is 16.6. The van der Waals surface area contributed by atoms with Crippen molar-refractivity contribution in [1.29, 1.82) is 0 Å². The largest absolute Gasteiger partial charge is 0.355 e. The highest BCUT2D eigenvalue weighted by atomic mass is 79.9. The monoisotopic (exact) mass is 311 g/mol. The fourth-order valence-corrected chi connectivity index (χ4v) is 2.38. The average Bonchev–Trinajstić information content (AvgIpc) is 2.58. The van der Waals surface area contributed by atoms with Crippen molar-refractivity contribution in [2.24, 2.45) is 0 Å². The predicted molar refractivity (Wildman–Crippen MR) is 75.8 cm³/mol. The zero-order valence-electron chi connectivity index (χ0n) is 10.8. The fourth-order valence-electron chi connectivity index (χ4n) is 2.16. The minimum Gasteiger partial charge on any atom is -0.355 e. The number of hydrogen-bond acceptors (Lipinski definition) is 3. The van der Waals surface area contributed by atoms with Crippen LogP contribution in [-0.2, 0) is 4.79 Å². The van der Waals surface area contributed by atoms with E-state index in [1.54, 1.807) is 6.92 Å². The van der Waals surface area contributed by atoms with Gasteiger partial charge in [0.25, 0.3) is 0 Å². The minimum atomic E-state index is 0.164. The van der Waals surface area contributed by atoms with Gasteiger partial charge in [0.2, 0.25) is 5.91 Å². The van der Waals surface area contributed by atoms with E-state index >= 15 is 0 Å². The Labute approximate surface area is 116 Å². The number of anilines is 1. The molecular weight excluding hydrogens is 294 g/mol. The van der Waals surface area contributed by atoms with Crippen molar-refractivity contribution >= 4 is 27.7 Å². The Morgan fingerprint density at radius 1 is 1.33 bits per heavy atom. The lowest BCUT2D eigenvalue weighted by Crippen LogP contribution is -2.33. The van der Waals surface area contributed by atoms with Gasteiger partial charge in [0.1, 0.15) is 5.82 Å². The number of nitrogens with zero attached hydrogens (tertiary/aromatic N) is 3. The second-order valence-electron chi connectivity index (χ2n) is 4.64. The molecular formula is C13H18BrN3O. The molecule has 2 heterocycles. The predicted octanol–water partition coefficient (Wildman–Crippen LogP) is 2.21. The highest BCUT2D eigenvalue weighted by Crippen LogP contribution is 2.21. The molecule has 4 nitrogen and oxygen atoms in total. The standard InChI is InChI=1S/C13H18BrN3O/c1-10-8-13(15-9-12(10)14)17-5-3-4-16(6-7-17)11(2)18/h8-9H,3-7H2,1-2H3. The SMILES string of the molecule is CC(=O)N1CCCN(c2cc(C)c(Br)cn2)CC1. The summed E-state index contributed by atoms with van der Waals surface area (Å²) < 4.78 is 1.03. The lowest BCUT2D eigenvalue weighted by molar-refractivity contribution is -0.128. The number of carbonyl (C=O) groups is 1. The van der Waals surface area contributed by atoms with Crippen molar-refractivity contribution < 1.29 is 4.79 Å². The summed E-state index contributed by atoms with van der Waals surface area (Å²) in [5.41, 5.74) is 1.19. The highest BCUT2D eigenvalue weighted by molar-refractivity contribution is 9.10. The first-order valence-corrected chi connectivity index (χ1v) is 7.00. The first kappa shape index (κ1) is 13.3. The fraction of sp³-hybridized carbons (Fsp3) is 0.538. The van der Waals surface area contributed by atoms with Crippen LogP contribution in [0.25, 0.3) is 0 Å². The van der Waals surface area contributed by atoms with Crippen molar-refractivity contribution in [3.63, 3.8) is 0 Å². The van der Waals surface area contributed by atoms with Gasteiger partial charge in [0, 0.05) is 43.8 Å². The average molecular weight is 312 g/mol. The molecule has 1 saturated heterocycles. The van der Waals surface area contributed by atoms with Gasteiger partial charge in [-0.15, -0.1) is 0 Å². The Bertz CT molecular complexity index is 450. The number of rotatable bonds is 1. The van der Waals surface area contributed by atoms with E-state index in [0.717, 1.165) is 42.9 Å². The smallest absolute Gasteiger partial charge is 0.219 e. The Kier molecular flexibility index (Phi) is 4.22. The van der Waals surface area contributed by atoms with Gasteiger partial charge in [-0.25, -0.2) is 4.98 Å². The van der Waals surface area contributed by atoms with Gasteiger partial charge in [-0.3, -0.25) is 4.79 Å². The number of halogens is 1. The Morgan fingerprint density at radius 2 is 2.11 bits per heavy atom. The molecule has 0 aromatic carbocycles. The molecule has 1 aliphatic rings. The van der Waals surface area contributed by atoms with Crippen LogP contribution in [0.2, 0.25) is 0 Å². The number of carbonyl (C=O) groups excluding carboxylic acids is 1. The second-order valence-corrected chi connectivity index (χ2v) is 5.49. The van der Waals surface area contributed by atoms with Crippen LogP contribution in [0.5, 0.6) is 0 Å². The number of amides is 1. The molecule has 1 fully saturated rings. The van der Waals surface area contributed by atoms with Gasteiger partial charge in [-0.2, -0.15) is 0 Å². The molecule has 5 heteroatoms. The first-order valence-electron chi connectivity index (χ1n) is 6.20. The van der Waals surface area contributed by atoms with Crippen LogP contribution in [-0.4, -0.2) is 42.0 Å². The molecule has 0 unspecified atom stereocenters. The summed E-state index contributed by atoms with van der Waals surface area (Å²) >= 11 is 3.46. The van der Waals surface area contributed by atoms with Crippen molar-refractivity contribution in [2.45, 2.75) is 20.3 Å². The van der Waals surface area contributed by atoms with Gasteiger partial charge < -0.3 is 9.80 Å². The Morgan fingerprint density at radius 3 is 2.78 bits per heavy atom.